The van der Waals surface area contributed by atoms with E-state index < -0.39 is 5.97 Å². The van der Waals surface area contributed by atoms with E-state index in [-0.39, 0.29) is 18.0 Å². The minimum Gasteiger partial charge on any atom is -0.462 e. The van der Waals surface area contributed by atoms with Gasteiger partial charge in [0.15, 0.2) is 0 Å². The maximum Gasteiger partial charge on any atom is 0.342 e. The van der Waals surface area contributed by atoms with E-state index >= 15 is 0 Å². The maximum absolute atomic E-state index is 12.6. The summed E-state index contributed by atoms with van der Waals surface area (Å²) in [5.74, 6) is -0.853. The minimum absolute atomic E-state index is 0.106. The molecular weight excluding hydrogens is 344 g/mol. The van der Waals surface area contributed by atoms with Crippen LogP contribution in [-0.4, -0.2) is 18.4 Å². The molecule has 0 fully saturated rings. The number of ketones is 1. The Morgan fingerprint density at radius 3 is 2.23 bits per heavy atom. The number of carbonyl (C=O) groups is 2. The van der Waals surface area contributed by atoms with Gasteiger partial charge in [-0.25, -0.2) is 4.79 Å². The summed E-state index contributed by atoms with van der Waals surface area (Å²) < 4.78 is 5.92. The topological polar surface area (TPSA) is 43.4 Å². The molecule has 0 atom stereocenters. The zero-order chi connectivity index (χ0) is 15.7. The molecule has 1 aliphatic rings. The Balaban J connectivity index is 2.29. The fourth-order valence-corrected chi connectivity index (χ4v) is 3.11. The van der Waals surface area contributed by atoms with Gasteiger partial charge in [-0.05, 0) is 24.1 Å². The molecule has 4 heteroatoms. The largest absolute Gasteiger partial charge is 0.462 e. The summed E-state index contributed by atoms with van der Waals surface area (Å²) in [6.45, 7) is 1.96. The van der Waals surface area contributed by atoms with E-state index in [1.54, 1.807) is 19.1 Å². The first-order valence-electron chi connectivity index (χ1n) is 6.95. The first-order chi connectivity index (χ1) is 10.6. The third-order valence-electron chi connectivity index (χ3n) is 3.54. The van der Waals surface area contributed by atoms with E-state index in [2.05, 4.69) is 15.9 Å². The van der Waals surface area contributed by atoms with Crippen LogP contribution in [0.1, 0.15) is 28.4 Å². The molecule has 0 saturated heterocycles. The van der Waals surface area contributed by atoms with Gasteiger partial charge in [0.25, 0.3) is 0 Å². The summed E-state index contributed by atoms with van der Waals surface area (Å²) in [7, 11) is 0. The highest BCUT2D eigenvalue weighted by molar-refractivity contribution is 9.10. The van der Waals surface area contributed by atoms with E-state index in [0.29, 0.717) is 11.1 Å². The summed E-state index contributed by atoms with van der Waals surface area (Å²) >= 11 is 3.50. The molecule has 0 unspecified atom stereocenters. The zero-order valence-electron chi connectivity index (χ0n) is 11.9. The molecule has 110 valence electrons. The third kappa shape index (κ3) is 2.29. The van der Waals surface area contributed by atoms with E-state index in [4.69, 9.17) is 4.74 Å². The Hall–Kier alpha value is -2.20. The number of hydrogen-bond acceptors (Lipinski definition) is 3. The quantitative estimate of drug-likeness (QED) is 0.616. The van der Waals surface area contributed by atoms with E-state index in [1.165, 1.54) is 0 Å². The lowest BCUT2D eigenvalue weighted by Crippen LogP contribution is -2.14. The Morgan fingerprint density at radius 2 is 1.59 bits per heavy atom. The predicted octanol–water partition coefficient (Wildman–Crippen LogP) is 4.01. The molecule has 1 aliphatic carbocycles. The summed E-state index contributed by atoms with van der Waals surface area (Å²) in [4.78, 5) is 24.9. The van der Waals surface area contributed by atoms with Crippen LogP contribution in [0.15, 0.2) is 58.6 Å². The van der Waals surface area contributed by atoms with Crippen LogP contribution in [0.5, 0.6) is 0 Å². The van der Waals surface area contributed by atoms with Crippen molar-refractivity contribution in [1.82, 2.24) is 0 Å². The first-order valence-corrected chi connectivity index (χ1v) is 7.74. The standard InChI is InChI=1S/C18H13BrO3/c1-2-22-18(21)16-15(13-9-5-6-10-14(13)19)11-7-3-4-8-12(11)17(16)20/h3-10H,2H2,1H3. The predicted molar refractivity (Wildman–Crippen MR) is 87.6 cm³/mol. The van der Waals surface area contributed by atoms with Gasteiger partial charge in [0.05, 0.1) is 6.61 Å². The molecule has 0 spiro atoms. The average molecular weight is 357 g/mol. The van der Waals surface area contributed by atoms with Crippen LogP contribution in [0.4, 0.5) is 0 Å². The first kappa shape index (κ1) is 14.7. The van der Waals surface area contributed by atoms with Crippen molar-refractivity contribution in [1.29, 1.82) is 0 Å². The second-order valence-corrected chi connectivity index (χ2v) is 5.68. The van der Waals surface area contributed by atoms with Gasteiger partial charge in [0.2, 0.25) is 5.78 Å². The van der Waals surface area contributed by atoms with Crippen LogP contribution in [0, 0.1) is 0 Å². The van der Waals surface area contributed by atoms with Gasteiger partial charge >= 0.3 is 5.97 Å². The van der Waals surface area contributed by atoms with Gasteiger partial charge < -0.3 is 4.74 Å². The van der Waals surface area contributed by atoms with Crippen molar-refractivity contribution in [3.63, 3.8) is 0 Å². The fourth-order valence-electron chi connectivity index (χ4n) is 2.62. The van der Waals surface area contributed by atoms with Crippen LogP contribution >= 0.6 is 15.9 Å². The summed E-state index contributed by atoms with van der Waals surface area (Å²) in [6, 6.07) is 14.8. The molecule has 2 aromatic rings. The summed E-state index contributed by atoms with van der Waals surface area (Å²) in [5.41, 5.74) is 2.85. The molecule has 0 amide bonds. The lowest BCUT2D eigenvalue weighted by Gasteiger charge is -2.09. The number of rotatable bonds is 3. The average Bonchev–Trinajstić information content (AvgIpc) is 2.82. The normalized spacial score (nSPS) is 13.3. The van der Waals surface area contributed by atoms with Gasteiger partial charge in [-0.2, -0.15) is 0 Å². The van der Waals surface area contributed by atoms with Crippen LogP contribution in [-0.2, 0) is 9.53 Å². The SMILES string of the molecule is CCOC(=O)C1=C(c2ccccc2Br)c2ccccc2C1=O. The molecule has 0 N–H and O–H groups in total. The van der Waals surface area contributed by atoms with E-state index in [0.717, 1.165) is 15.6 Å². The molecule has 0 aromatic heterocycles. The highest BCUT2D eigenvalue weighted by atomic mass is 79.9. The zero-order valence-corrected chi connectivity index (χ0v) is 13.5. The lowest BCUT2D eigenvalue weighted by molar-refractivity contribution is -0.137. The van der Waals surface area contributed by atoms with Gasteiger partial charge in [-0.3, -0.25) is 4.79 Å². The number of esters is 1. The molecule has 22 heavy (non-hydrogen) atoms. The third-order valence-corrected chi connectivity index (χ3v) is 4.23. The van der Waals surface area contributed by atoms with Crippen LogP contribution in [0.3, 0.4) is 0 Å². The summed E-state index contributed by atoms with van der Waals surface area (Å²) in [5, 5.41) is 0. The van der Waals surface area contributed by atoms with E-state index in [9.17, 15) is 9.59 Å². The van der Waals surface area contributed by atoms with Crippen molar-refractivity contribution in [3.8, 4) is 0 Å². The minimum atomic E-state index is -0.575. The summed E-state index contributed by atoms with van der Waals surface area (Å²) in [6.07, 6.45) is 0. The monoisotopic (exact) mass is 356 g/mol. The molecule has 2 aromatic carbocycles. The van der Waals surface area contributed by atoms with E-state index in [1.807, 2.05) is 36.4 Å². The van der Waals surface area contributed by atoms with Crippen LogP contribution in [0.25, 0.3) is 5.57 Å². The second-order valence-electron chi connectivity index (χ2n) is 4.83. The molecule has 0 saturated carbocycles. The van der Waals surface area contributed by atoms with Crippen molar-refractivity contribution < 1.29 is 14.3 Å². The number of hydrogen-bond donors (Lipinski definition) is 0. The number of Topliss-reactive ketones (excluding diaryl/α,β-unsaturated/α-hetero) is 1. The maximum atomic E-state index is 12.6. The molecule has 3 rings (SSSR count). The van der Waals surface area contributed by atoms with Crippen molar-refractivity contribution in [2.45, 2.75) is 6.92 Å². The van der Waals surface area contributed by atoms with Gasteiger partial charge in [-0.15, -0.1) is 0 Å². The molecule has 0 bridgehead atoms. The molecule has 0 aliphatic heterocycles. The van der Waals surface area contributed by atoms with Crippen molar-refractivity contribution in [2.75, 3.05) is 6.61 Å². The molecular formula is C18H13BrO3. The van der Waals surface area contributed by atoms with Crippen molar-refractivity contribution in [2.24, 2.45) is 0 Å². The van der Waals surface area contributed by atoms with Gasteiger partial charge in [-0.1, -0.05) is 58.4 Å². The van der Waals surface area contributed by atoms with Gasteiger partial charge in [0.1, 0.15) is 5.57 Å². The highest BCUT2D eigenvalue weighted by Crippen LogP contribution is 2.40. The van der Waals surface area contributed by atoms with Crippen molar-refractivity contribution in [3.05, 3.63) is 75.3 Å². The second kappa shape index (κ2) is 5.89. The van der Waals surface area contributed by atoms with Crippen LogP contribution in [0.2, 0.25) is 0 Å². The smallest absolute Gasteiger partial charge is 0.342 e. The van der Waals surface area contributed by atoms with Gasteiger partial charge in [0, 0.05) is 15.6 Å². The Morgan fingerprint density at radius 1 is 1.00 bits per heavy atom. The Kier molecular flexibility index (Phi) is 3.94. The van der Waals surface area contributed by atoms with Crippen LogP contribution < -0.4 is 0 Å². The highest BCUT2D eigenvalue weighted by Gasteiger charge is 2.35. The molecule has 0 heterocycles. The number of ether oxygens (including phenoxy) is 1. The van der Waals surface area contributed by atoms with Crippen molar-refractivity contribution >= 4 is 33.3 Å². The number of fused-ring (bicyclic) bond motifs is 1. The number of halogens is 1. The molecule has 0 radical (unpaired) electrons. The Bertz CT molecular complexity index is 805. The number of carbonyl (C=O) groups excluding carboxylic acids is 2. The fraction of sp³-hybridized carbons (Fsp3) is 0.111. The lowest BCUT2D eigenvalue weighted by atomic mass is 9.97. The Labute approximate surface area is 136 Å². The molecule has 3 nitrogen and oxygen atoms in total. The number of benzene rings is 2.